The zero-order chi connectivity index (χ0) is 15.7. The van der Waals surface area contributed by atoms with Crippen LogP contribution in [0.25, 0.3) is 0 Å². The summed E-state index contributed by atoms with van der Waals surface area (Å²) in [4.78, 5) is 0. The van der Waals surface area contributed by atoms with E-state index in [0.29, 0.717) is 11.8 Å². The highest BCUT2D eigenvalue weighted by Crippen LogP contribution is 2.27. The molecule has 0 amide bonds. The molecule has 0 fully saturated rings. The average Bonchev–Trinajstić information content (AvgIpc) is 2.97. The Labute approximate surface area is 136 Å². The van der Waals surface area contributed by atoms with Gasteiger partial charge in [0.15, 0.2) is 5.82 Å². The molecule has 0 aliphatic carbocycles. The summed E-state index contributed by atoms with van der Waals surface area (Å²) in [6.07, 6.45) is 1.16. The summed E-state index contributed by atoms with van der Waals surface area (Å²) < 4.78 is 1.90. The fourth-order valence-corrected chi connectivity index (χ4v) is 3.33. The van der Waals surface area contributed by atoms with Gasteiger partial charge >= 0.3 is 0 Å². The molecule has 5 heteroatoms. The van der Waals surface area contributed by atoms with Crippen LogP contribution in [0, 0.1) is 0 Å². The van der Waals surface area contributed by atoms with E-state index in [2.05, 4.69) is 62.2 Å². The molecule has 4 nitrogen and oxygen atoms in total. The Balaban J connectivity index is 1.92. The lowest BCUT2D eigenvalue weighted by Gasteiger charge is -2.15. The molecule has 1 aromatic heterocycles. The van der Waals surface area contributed by atoms with E-state index in [-0.39, 0.29) is 0 Å². The second-order valence-corrected chi connectivity index (χ2v) is 7.02. The van der Waals surface area contributed by atoms with Crippen LogP contribution in [0.5, 0.6) is 0 Å². The Bertz CT molecular complexity index is 685. The number of rotatable bonds is 4. The molecule has 0 bridgehead atoms. The third-order valence-electron chi connectivity index (χ3n) is 4.14. The largest absolute Gasteiger partial charge is 0.212 e. The summed E-state index contributed by atoms with van der Waals surface area (Å²) >= 11 is 1.70. The first kappa shape index (κ1) is 15.3. The first-order valence-corrected chi connectivity index (χ1v) is 8.85. The van der Waals surface area contributed by atoms with Gasteiger partial charge in [0.25, 0.3) is 0 Å². The number of hydrogen-bond donors (Lipinski definition) is 0. The maximum Gasteiger partial charge on any atom is 0.212 e. The second kappa shape index (κ2) is 6.24. The van der Waals surface area contributed by atoms with Gasteiger partial charge in [-0.15, -0.1) is 10.2 Å². The molecule has 0 saturated heterocycles. The third-order valence-corrected chi connectivity index (χ3v) is 5.07. The van der Waals surface area contributed by atoms with E-state index in [1.54, 1.807) is 11.8 Å². The van der Waals surface area contributed by atoms with Crippen LogP contribution in [0.4, 0.5) is 0 Å². The van der Waals surface area contributed by atoms with Crippen LogP contribution in [0.1, 0.15) is 62.9 Å². The first-order chi connectivity index (χ1) is 10.6. The maximum atomic E-state index is 4.78. The highest BCUT2D eigenvalue weighted by molar-refractivity contribution is 7.99. The molecular formula is C17H22N4S. The fraction of sp³-hybridized carbons (Fsp3) is 0.471. The highest BCUT2D eigenvalue weighted by atomic mass is 32.2. The fourth-order valence-electron chi connectivity index (χ4n) is 2.48. The zero-order valence-corrected chi connectivity index (χ0v) is 14.4. The smallest absolute Gasteiger partial charge is 0.191 e. The van der Waals surface area contributed by atoms with Gasteiger partial charge in [0.2, 0.25) is 5.16 Å². The van der Waals surface area contributed by atoms with E-state index in [0.717, 1.165) is 28.9 Å². The van der Waals surface area contributed by atoms with Gasteiger partial charge < -0.3 is 0 Å². The van der Waals surface area contributed by atoms with Gasteiger partial charge in [-0.2, -0.15) is 9.78 Å². The maximum absolute atomic E-state index is 4.78. The van der Waals surface area contributed by atoms with Gasteiger partial charge in [-0.1, -0.05) is 63.7 Å². The van der Waals surface area contributed by atoms with Crippen LogP contribution in [0.3, 0.4) is 0 Å². The lowest BCUT2D eigenvalue weighted by atomic mass is 9.97. The monoisotopic (exact) mass is 314 g/mol. The minimum Gasteiger partial charge on any atom is -0.191 e. The van der Waals surface area contributed by atoms with Crippen molar-refractivity contribution in [3.05, 3.63) is 41.2 Å². The molecule has 1 aromatic carbocycles. The molecule has 0 saturated carbocycles. The van der Waals surface area contributed by atoms with Gasteiger partial charge in [-0.05, 0) is 23.5 Å². The van der Waals surface area contributed by atoms with Crippen molar-refractivity contribution in [3.63, 3.8) is 0 Å². The molecule has 0 unspecified atom stereocenters. The lowest BCUT2D eigenvalue weighted by Crippen LogP contribution is -2.15. The van der Waals surface area contributed by atoms with Gasteiger partial charge in [-0.25, -0.2) is 0 Å². The van der Waals surface area contributed by atoms with E-state index >= 15 is 0 Å². The Hall–Kier alpha value is -1.62. The summed E-state index contributed by atoms with van der Waals surface area (Å²) in [6, 6.07) is 8.82. The van der Waals surface area contributed by atoms with E-state index < -0.39 is 0 Å². The number of thioether (sulfide) groups is 1. The Morgan fingerprint density at radius 3 is 2.50 bits per heavy atom. The number of aromatic nitrogens is 3. The molecule has 116 valence electrons. The molecule has 22 heavy (non-hydrogen) atoms. The van der Waals surface area contributed by atoms with Crippen molar-refractivity contribution in [2.75, 3.05) is 5.75 Å². The first-order valence-electron chi connectivity index (χ1n) is 7.86. The summed E-state index contributed by atoms with van der Waals surface area (Å²) in [5.41, 5.74) is 3.67. The quantitative estimate of drug-likeness (QED) is 0.846. The van der Waals surface area contributed by atoms with Crippen LogP contribution >= 0.6 is 11.8 Å². The van der Waals surface area contributed by atoms with Crippen molar-refractivity contribution in [1.29, 1.82) is 0 Å². The summed E-state index contributed by atoms with van der Waals surface area (Å²) in [6.45, 7) is 8.72. The topological polar surface area (TPSA) is 43.1 Å². The average molecular weight is 314 g/mol. The Kier molecular flexibility index (Phi) is 4.34. The molecule has 0 N–H and O–H groups in total. The molecule has 3 rings (SSSR count). The Morgan fingerprint density at radius 2 is 1.86 bits per heavy atom. The number of nitrogens with zero attached hydrogens (tertiary/aromatic N) is 4. The predicted octanol–water partition coefficient (Wildman–Crippen LogP) is 4.27. The number of benzene rings is 1. The van der Waals surface area contributed by atoms with Crippen molar-refractivity contribution in [2.45, 2.75) is 51.1 Å². The molecule has 2 heterocycles. The van der Waals surface area contributed by atoms with Gasteiger partial charge in [0.1, 0.15) is 0 Å². The van der Waals surface area contributed by atoms with Crippen LogP contribution < -0.4 is 0 Å². The number of hydrogen-bond acceptors (Lipinski definition) is 4. The molecular weight excluding hydrogens is 292 g/mol. The zero-order valence-electron chi connectivity index (χ0n) is 13.6. The lowest BCUT2D eigenvalue weighted by molar-refractivity contribution is 0.662. The molecule has 0 spiro atoms. The summed E-state index contributed by atoms with van der Waals surface area (Å²) in [5.74, 6) is 2.70. The van der Waals surface area contributed by atoms with Crippen molar-refractivity contribution < 1.29 is 0 Å². The normalized spacial score (nSPS) is 15.6. The second-order valence-electron chi connectivity index (χ2n) is 6.07. The molecule has 1 aliphatic heterocycles. The minimum atomic E-state index is 0.317. The number of fused-ring (bicyclic) bond motifs is 1. The summed E-state index contributed by atoms with van der Waals surface area (Å²) in [5, 5.41) is 14.2. The molecule has 0 radical (unpaired) electrons. The van der Waals surface area contributed by atoms with Crippen molar-refractivity contribution in [1.82, 2.24) is 14.9 Å². The van der Waals surface area contributed by atoms with E-state index in [9.17, 15) is 0 Å². The molecule has 1 aliphatic rings. The summed E-state index contributed by atoms with van der Waals surface area (Å²) in [7, 11) is 0. The molecule has 2 aromatic rings. The van der Waals surface area contributed by atoms with E-state index in [4.69, 9.17) is 5.10 Å². The van der Waals surface area contributed by atoms with Gasteiger partial charge in [0.05, 0.1) is 5.71 Å². The van der Waals surface area contributed by atoms with Crippen molar-refractivity contribution >= 4 is 17.5 Å². The molecule has 1 atom stereocenters. The minimum absolute atomic E-state index is 0.317. The SMILES string of the molecule is CC[C@H](C)c1ccc(C2=Nn3c(nnc3C(C)C)SC2)cc1. The Morgan fingerprint density at radius 1 is 1.14 bits per heavy atom. The third kappa shape index (κ3) is 2.82. The van der Waals surface area contributed by atoms with Crippen LogP contribution in [0.2, 0.25) is 0 Å². The van der Waals surface area contributed by atoms with Gasteiger partial charge in [-0.3, -0.25) is 0 Å². The predicted molar refractivity (Wildman–Crippen MR) is 91.9 cm³/mol. The van der Waals surface area contributed by atoms with Crippen LogP contribution in [-0.4, -0.2) is 26.3 Å². The van der Waals surface area contributed by atoms with E-state index in [1.165, 1.54) is 11.1 Å². The van der Waals surface area contributed by atoms with Crippen molar-refractivity contribution in [2.24, 2.45) is 5.10 Å². The van der Waals surface area contributed by atoms with Crippen LogP contribution in [0.15, 0.2) is 34.5 Å². The van der Waals surface area contributed by atoms with Crippen molar-refractivity contribution in [3.8, 4) is 0 Å². The highest BCUT2D eigenvalue weighted by Gasteiger charge is 2.21. The van der Waals surface area contributed by atoms with Gasteiger partial charge in [0, 0.05) is 11.7 Å². The van der Waals surface area contributed by atoms with E-state index in [1.807, 2.05) is 4.68 Å². The standard InChI is InChI=1S/C17H22N4S/c1-5-12(4)13-6-8-14(9-7-13)15-10-22-17-19-18-16(11(2)3)21(17)20-15/h6-9,11-12H,5,10H2,1-4H3/t12-/m0/s1. The van der Waals surface area contributed by atoms with Crippen LogP contribution in [-0.2, 0) is 0 Å².